The summed E-state index contributed by atoms with van der Waals surface area (Å²) in [6.07, 6.45) is 1.96. The number of aromatic nitrogens is 1. The first kappa shape index (κ1) is 26.8. The maximum Gasteiger partial charge on any atom is 0.335 e. The molecule has 7 heteroatoms. The van der Waals surface area contributed by atoms with Crippen molar-refractivity contribution in [1.29, 1.82) is 0 Å². The largest absolute Gasteiger partial charge is 0.478 e. The van der Waals surface area contributed by atoms with Crippen LogP contribution in [0, 0.1) is 5.82 Å². The van der Waals surface area contributed by atoms with Gasteiger partial charge in [-0.15, -0.1) is 0 Å². The van der Waals surface area contributed by atoms with Crippen LogP contribution in [-0.2, 0) is 6.54 Å². The van der Waals surface area contributed by atoms with Gasteiger partial charge in [-0.1, -0.05) is 48.5 Å². The number of aromatic carboxylic acids is 1. The third kappa shape index (κ3) is 5.45. The summed E-state index contributed by atoms with van der Waals surface area (Å²) < 4.78 is 16.0. The molecule has 42 heavy (non-hydrogen) atoms. The lowest BCUT2D eigenvalue weighted by atomic mass is 10.0. The van der Waals surface area contributed by atoms with Gasteiger partial charge in [-0.2, -0.15) is 0 Å². The topological polar surface area (TPSA) is 83.4 Å². The fourth-order valence-electron chi connectivity index (χ4n) is 5.26. The van der Waals surface area contributed by atoms with Crippen molar-refractivity contribution in [2.45, 2.75) is 19.5 Å². The molecule has 0 aliphatic carbocycles. The molecular formula is C35H28FN3O3. The Morgan fingerprint density at radius 1 is 0.857 bits per heavy atom. The minimum absolute atomic E-state index is 0.190. The smallest absolute Gasteiger partial charge is 0.335 e. The van der Waals surface area contributed by atoms with Gasteiger partial charge < -0.3 is 20.3 Å². The highest BCUT2D eigenvalue weighted by molar-refractivity contribution is 6.10. The molecule has 0 bridgehead atoms. The summed E-state index contributed by atoms with van der Waals surface area (Å²) in [6, 6.07) is 32.4. The predicted octanol–water partition coefficient (Wildman–Crippen LogP) is 7.91. The zero-order valence-electron chi connectivity index (χ0n) is 22.8. The van der Waals surface area contributed by atoms with Crippen LogP contribution in [0.2, 0.25) is 0 Å². The van der Waals surface area contributed by atoms with Crippen molar-refractivity contribution in [1.82, 2.24) is 9.88 Å². The van der Waals surface area contributed by atoms with Crippen LogP contribution >= 0.6 is 0 Å². The molecule has 1 amide bonds. The number of rotatable bonds is 8. The van der Waals surface area contributed by atoms with Crippen LogP contribution in [0.5, 0.6) is 0 Å². The summed E-state index contributed by atoms with van der Waals surface area (Å²) in [5.74, 6) is -1.53. The van der Waals surface area contributed by atoms with E-state index in [1.165, 1.54) is 24.3 Å². The summed E-state index contributed by atoms with van der Waals surface area (Å²) in [4.78, 5) is 25.0. The number of para-hydroxylation sites is 1. The quantitative estimate of drug-likeness (QED) is 0.178. The first-order valence-electron chi connectivity index (χ1n) is 13.6. The molecule has 0 fully saturated rings. The number of nitrogens with one attached hydrogen (secondary N) is 2. The summed E-state index contributed by atoms with van der Waals surface area (Å²) in [5, 5.41) is 18.4. The second-order valence-corrected chi connectivity index (χ2v) is 10.3. The van der Waals surface area contributed by atoms with E-state index < -0.39 is 5.97 Å². The molecule has 1 heterocycles. The first-order valence-corrected chi connectivity index (χ1v) is 13.6. The van der Waals surface area contributed by atoms with Crippen molar-refractivity contribution >= 4 is 44.9 Å². The molecule has 6 nitrogen and oxygen atoms in total. The lowest BCUT2D eigenvalue weighted by Gasteiger charge is -2.17. The van der Waals surface area contributed by atoms with Crippen LogP contribution in [0.1, 0.15) is 44.8 Å². The number of fused-ring (bicyclic) bond motifs is 2. The summed E-state index contributed by atoms with van der Waals surface area (Å²) in [6.45, 7) is 2.35. The zero-order valence-corrected chi connectivity index (χ0v) is 22.8. The van der Waals surface area contributed by atoms with E-state index in [9.17, 15) is 19.1 Å². The van der Waals surface area contributed by atoms with E-state index in [4.69, 9.17) is 0 Å². The average molecular weight is 558 g/mol. The Kier molecular flexibility index (Phi) is 7.15. The van der Waals surface area contributed by atoms with Crippen LogP contribution in [0.3, 0.4) is 0 Å². The van der Waals surface area contributed by atoms with Crippen molar-refractivity contribution in [2.24, 2.45) is 0 Å². The SMILES string of the molecule is C[C@H](NC(=O)c1ccc(Nc2ccccc2)c2ccn(Cc3ccc4ccc(F)cc4c3)c12)c1ccc(C(=O)O)cc1. The van der Waals surface area contributed by atoms with E-state index in [2.05, 4.69) is 10.6 Å². The van der Waals surface area contributed by atoms with Gasteiger partial charge in [-0.25, -0.2) is 9.18 Å². The standard InChI is InChI=1S/C35H28FN3O3/c1-22(24-9-11-26(12-10-24)35(41)42)37-34(40)31-15-16-32(38-29-5-3-2-4-6-29)30-17-18-39(33(30)31)21-23-7-8-25-13-14-28(36)20-27(25)19-23/h2-20,22,38H,21H2,1H3,(H,37,40)(H,41,42)/t22-/m0/s1. The van der Waals surface area contributed by atoms with E-state index in [1.807, 2.05) is 84.4 Å². The van der Waals surface area contributed by atoms with Crippen molar-refractivity contribution in [2.75, 3.05) is 5.32 Å². The number of hydrogen-bond donors (Lipinski definition) is 3. The molecule has 0 saturated heterocycles. The number of carbonyl (C=O) groups is 2. The number of hydrogen-bond acceptors (Lipinski definition) is 3. The number of benzene rings is 5. The summed E-state index contributed by atoms with van der Waals surface area (Å²) in [5.41, 5.74) is 5.03. The molecule has 0 spiro atoms. The van der Waals surface area contributed by atoms with Gasteiger partial charge in [0.25, 0.3) is 5.91 Å². The Labute approximate surface area is 242 Å². The van der Waals surface area contributed by atoms with Crippen LogP contribution in [0.15, 0.2) is 115 Å². The van der Waals surface area contributed by atoms with Crippen LogP contribution in [-0.4, -0.2) is 21.6 Å². The Morgan fingerprint density at radius 2 is 1.62 bits per heavy atom. The molecule has 0 saturated carbocycles. The zero-order chi connectivity index (χ0) is 29.2. The van der Waals surface area contributed by atoms with Gasteiger partial charge in [0.15, 0.2) is 0 Å². The molecule has 1 atom stereocenters. The second kappa shape index (κ2) is 11.2. The van der Waals surface area contributed by atoms with E-state index in [0.717, 1.165) is 44.2 Å². The van der Waals surface area contributed by atoms with Gasteiger partial charge in [0, 0.05) is 29.5 Å². The van der Waals surface area contributed by atoms with Crippen LogP contribution in [0.4, 0.5) is 15.8 Å². The van der Waals surface area contributed by atoms with Crippen LogP contribution in [0.25, 0.3) is 21.7 Å². The molecule has 0 aliphatic heterocycles. The molecule has 3 N–H and O–H groups in total. The molecule has 0 unspecified atom stereocenters. The summed E-state index contributed by atoms with van der Waals surface area (Å²) in [7, 11) is 0. The van der Waals surface area contributed by atoms with Crippen molar-refractivity contribution in [3.8, 4) is 0 Å². The number of carbonyl (C=O) groups excluding carboxylic acids is 1. The monoisotopic (exact) mass is 557 g/mol. The Balaban J connectivity index is 1.37. The van der Waals surface area contributed by atoms with E-state index in [1.54, 1.807) is 18.2 Å². The lowest BCUT2D eigenvalue weighted by Crippen LogP contribution is -2.27. The van der Waals surface area contributed by atoms with Gasteiger partial charge in [-0.05, 0) is 89.5 Å². The number of carboxylic acids is 1. The minimum atomic E-state index is -0.998. The lowest BCUT2D eigenvalue weighted by molar-refractivity contribution is 0.0696. The predicted molar refractivity (Wildman–Crippen MR) is 164 cm³/mol. The molecule has 208 valence electrons. The molecule has 6 aromatic rings. The van der Waals surface area contributed by atoms with Gasteiger partial charge in [0.1, 0.15) is 5.82 Å². The highest BCUT2D eigenvalue weighted by atomic mass is 19.1. The van der Waals surface area contributed by atoms with Crippen LogP contribution < -0.4 is 10.6 Å². The molecule has 5 aromatic carbocycles. The number of halogens is 1. The number of amides is 1. The number of anilines is 2. The normalized spacial score (nSPS) is 11.9. The van der Waals surface area contributed by atoms with Gasteiger partial charge in [-0.3, -0.25) is 4.79 Å². The molecule has 0 aliphatic rings. The second-order valence-electron chi connectivity index (χ2n) is 10.3. The summed E-state index contributed by atoms with van der Waals surface area (Å²) >= 11 is 0. The molecule has 0 radical (unpaired) electrons. The van der Waals surface area contributed by atoms with Crippen molar-refractivity contribution in [3.05, 3.63) is 143 Å². The Morgan fingerprint density at radius 3 is 2.38 bits per heavy atom. The van der Waals surface area contributed by atoms with Crippen molar-refractivity contribution < 1.29 is 19.1 Å². The first-order chi connectivity index (χ1) is 20.4. The highest BCUT2D eigenvalue weighted by Gasteiger charge is 2.19. The van der Waals surface area contributed by atoms with E-state index >= 15 is 0 Å². The number of carboxylic acid groups (broad SMARTS) is 1. The van der Waals surface area contributed by atoms with E-state index in [0.29, 0.717) is 12.1 Å². The molecule has 6 rings (SSSR count). The minimum Gasteiger partial charge on any atom is -0.478 e. The Hall–Kier alpha value is -5.43. The maximum atomic E-state index is 13.9. The van der Waals surface area contributed by atoms with Gasteiger partial charge in [0.05, 0.1) is 22.7 Å². The third-order valence-electron chi connectivity index (χ3n) is 7.45. The van der Waals surface area contributed by atoms with Gasteiger partial charge in [0.2, 0.25) is 0 Å². The highest BCUT2D eigenvalue weighted by Crippen LogP contribution is 2.32. The van der Waals surface area contributed by atoms with Crippen molar-refractivity contribution in [3.63, 3.8) is 0 Å². The number of nitrogens with zero attached hydrogens (tertiary/aromatic N) is 1. The maximum absolute atomic E-state index is 13.9. The fourth-order valence-corrected chi connectivity index (χ4v) is 5.26. The average Bonchev–Trinajstić information content (AvgIpc) is 3.41. The molecular weight excluding hydrogens is 529 g/mol. The third-order valence-corrected chi connectivity index (χ3v) is 7.45. The fraction of sp³-hybridized carbons (Fsp3) is 0.0857. The Bertz CT molecular complexity index is 1930. The van der Waals surface area contributed by atoms with Gasteiger partial charge >= 0.3 is 5.97 Å². The van der Waals surface area contributed by atoms with E-state index in [-0.39, 0.29) is 23.3 Å². The molecule has 1 aromatic heterocycles.